The van der Waals surface area contributed by atoms with Gasteiger partial charge in [-0.2, -0.15) is 0 Å². The highest BCUT2D eigenvalue weighted by Crippen LogP contribution is 2.21. The summed E-state index contributed by atoms with van der Waals surface area (Å²) in [6.45, 7) is 1.29. The van der Waals surface area contributed by atoms with Crippen molar-refractivity contribution in [1.82, 2.24) is 4.90 Å². The molecule has 0 spiro atoms. The molecule has 1 saturated heterocycles. The summed E-state index contributed by atoms with van der Waals surface area (Å²) in [5.41, 5.74) is 2.33. The van der Waals surface area contributed by atoms with E-state index in [2.05, 4.69) is 9.64 Å². The van der Waals surface area contributed by atoms with E-state index in [9.17, 15) is 9.59 Å². The minimum absolute atomic E-state index is 0.200. The molecule has 21 heavy (non-hydrogen) atoms. The van der Waals surface area contributed by atoms with Crippen molar-refractivity contribution in [3.63, 3.8) is 0 Å². The lowest BCUT2D eigenvalue weighted by Crippen LogP contribution is -2.36. The number of carbonyl (C=O) groups is 2. The molecule has 0 N–H and O–H groups in total. The Bertz CT molecular complexity index is 561. The second-order valence-corrected chi connectivity index (χ2v) is 5.25. The van der Waals surface area contributed by atoms with E-state index >= 15 is 0 Å². The number of nitrogens with zero attached hydrogens (tertiary/aromatic N) is 2. The van der Waals surface area contributed by atoms with Crippen LogP contribution in [0.3, 0.4) is 0 Å². The summed E-state index contributed by atoms with van der Waals surface area (Å²) in [5, 5.41) is 0. The Balaban J connectivity index is 2.15. The fourth-order valence-corrected chi connectivity index (χ4v) is 2.34. The molecule has 112 valence electrons. The molecule has 0 unspecified atom stereocenters. The van der Waals surface area contributed by atoms with Crippen LogP contribution in [0.5, 0.6) is 0 Å². The van der Waals surface area contributed by atoms with Crippen molar-refractivity contribution in [3.05, 3.63) is 41.6 Å². The first-order chi connectivity index (χ1) is 10.0. The molecule has 0 saturated carbocycles. The molecular formula is C16H20N2O3. The first-order valence-corrected chi connectivity index (χ1v) is 6.85. The van der Waals surface area contributed by atoms with Gasteiger partial charge in [0.1, 0.15) is 0 Å². The lowest BCUT2D eigenvalue weighted by atomic mass is 10.0. The number of ketones is 1. The van der Waals surface area contributed by atoms with Gasteiger partial charge in [-0.25, -0.2) is 4.79 Å². The zero-order valence-corrected chi connectivity index (χ0v) is 12.6. The van der Waals surface area contributed by atoms with Gasteiger partial charge in [-0.3, -0.25) is 4.79 Å². The number of Topliss-reactive ketones (excluding diaryl/α,β-unsaturated/α-hetero) is 1. The minimum atomic E-state index is -0.344. The van der Waals surface area contributed by atoms with Gasteiger partial charge in [0.15, 0.2) is 5.78 Å². The summed E-state index contributed by atoms with van der Waals surface area (Å²) in [6.07, 6.45) is 2.38. The Kier molecular flexibility index (Phi) is 4.62. The molecule has 0 radical (unpaired) electrons. The van der Waals surface area contributed by atoms with Crippen LogP contribution in [0.15, 0.2) is 36.0 Å². The van der Waals surface area contributed by atoms with Crippen molar-refractivity contribution in [2.45, 2.75) is 6.42 Å². The maximum Gasteiger partial charge on any atom is 0.337 e. The molecule has 0 atom stereocenters. The molecule has 1 aromatic carbocycles. The van der Waals surface area contributed by atoms with Crippen LogP contribution >= 0.6 is 0 Å². The Morgan fingerprint density at radius 1 is 1.29 bits per heavy atom. The van der Waals surface area contributed by atoms with Crippen molar-refractivity contribution in [2.75, 3.05) is 39.2 Å². The molecule has 1 aromatic rings. The van der Waals surface area contributed by atoms with Gasteiger partial charge in [-0.15, -0.1) is 0 Å². The number of ether oxygens (including phenoxy) is 1. The third kappa shape index (κ3) is 3.62. The highest BCUT2D eigenvalue weighted by molar-refractivity contribution is 5.97. The lowest BCUT2D eigenvalue weighted by molar-refractivity contribution is -0.116. The van der Waals surface area contributed by atoms with Crippen molar-refractivity contribution in [2.24, 2.45) is 0 Å². The van der Waals surface area contributed by atoms with Crippen LogP contribution in [0, 0.1) is 0 Å². The Hall–Kier alpha value is -2.30. The van der Waals surface area contributed by atoms with Crippen LogP contribution in [-0.4, -0.2) is 50.9 Å². The molecule has 1 heterocycles. The highest BCUT2D eigenvalue weighted by Gasteiger charge is 2.22. The fraction of sp³-hybridized carbons (Fsp3) is 0.375. The normalized spacial score (nSPS) is 17.0. The summed E-state index contributed by atoms with van der Waals surface area (Å²) >= 11 is 0. The molecule has 5 heteroatoms. The van der Waals surface area contributed by atoms with E-state index in [4.69, 9.17) is 0 Å². The van der Waals surface area contributed by atoms with E-state index in [0.717, 1.165) is 11.3 Å². The first-order valence-electron chi connectivity index (χ1n) is 6.85. The maximum absolute atomic E-state index is 11.9. The predicted molar refractivity (Wildman–Crippen MR) is 81.4 cm³/mol. The number of hydrogen-bond acceptors (Lipinski definition) is 5. The van der Waals surface area contributed by atoms with Crippen LogP contribution in [0.1, 0.15) is 16.8 Å². The fourth-order valence-electron chi connectivity index (χ4n) is 2.34. The molecule has 1 aliphatic rings. The van der Waals surface area contributed by atoms with E-state index in [-0.39, 0.29) is 11.8 Å². The Morgan fingerprint density at radius 3 is 2.52 bits per heavy atom. The smallest absolute Gasteiger partial charge is 0.337 e. The molecule has 0 bridgehead atoms. The summed E-state index contributed by atoms with van der Waals surface area (Å²) < 4.78 is 4.68. The van der Waals surface area contributed by atoms with Gasteiger partial charge < -0.3 is 14.5 Å². The van der Waals surface area contributed by atoms with Crippen LogP contribution < -0.4 is 4.90 Å². The molecule has 2 rings (SSSR count). The first kappa shape index (κ1) is 15.1. The Morgan fingerprint density at radius 2 is 1.95 bits per heavy atom. The van der Waals surface area contributed by atoms with Crippen molar-refractivity contribution in [1.29, 1.82) is 0 Å². The topological polar surface area (TPSA) is 49.9 Å². The average Bonchev–Trinajstić information content (AvgIpc) is 2.48. The third-order valence-electron chi connectivity index (χ3n) is 3.40. The summed E-state index contributed by atoms with van der Waals surface area (Å²) in [7, 11) is 5.18. The monoisotopic (exact) mass is 288 g/mol. The molecule has 0 amide bonds. The van der Waals surface area contributed by atoms with Gasteiger partial charge in [0.2, 0.25) is 0 Å². The SMILES string of the molecule is COC(=O)c1ccc(N2CCC(=O)/C(=C/N(C)C)C2)cc1. The average molecular weight is 288 g/mol. The van der Waals surface area contributed by atoms with Crippen molar-refractivity contribution >= 4 is 17.4 Å². The van der Waals surface area contributed by atoms with Gasteiger partial charge in [-0.05, 0) is 24.3 Å². The van der Waals surface area contributed by atoms with Crippen molar-refractivity contribution < 1.29 is 14.3 Å². The Labute approximate surface area is 124 Å². The zero-order chi connectivity index (χ0) is 15.4. The van der Waals surface area contributed by atoms with Crippen LogP contribution in [0.2, 0.25) is 0 Å². The van der Waals surface area contributed by atoms with E-state index in [1.165, 1.54) is 7.11 Å². The van der Waals surface area contributed by atoms with Gasteiger partial charge in [0.25, 0.3) is 0 Å². The highest BCUT2D eigenvalue weighted by atomic mass is 16.5. The molecule has 1 aliphatic heterocycles. The number of esters is 1. The lowest BCUT2D eigenvalue weighted by Gasteiger charge is -2.30. The number of benzene rings is 1. The number of hydrogen-bond donors (Lipinski definition) is 0. The summed E-state index contributed by atoms with van der Waals surface area (Å²) in [5.74, 6) is -0.144. The van der Waals surface area contributed by atoms with E-state index in [0.29, 0.717) is 25.1 Å². The number of carbonyl (C=O) groups excluding carboxylic acids is 2. The van der Waals surface area contributed by atoms with Gasteiger partial charge in [-0.1, -0.05) is 0 Å². The van der Waals surface area contributed by atoms with E-state index in [1.54, 1.807) is 12.1 Å². The summed E-state index contributed by atoms with van der Waals surface area (Å²) in [6, 6.07) is 7.25. The minimum Gasteiger partial charge on any atom is -0.465 e. The third-order valence-corrected chi connectivity index (χ3v) is 3.40. The van der Waals surface area contributed by atoms with Crippen LogP contribution in [-0.2, 0) is 9.53 Å². The molecular weight excluding hydrogens is 268 g/mol. The number of rotatable bonds is 3. The van der Waals surface area contributed by atoms with Crippen LogP contribution in [0.25, 0.3) is 0 Å². The van der Waals surface area contributed by atoms with Gasteiger partial charge in [0.05, 0.1) is 12.7 Å². The van der Waals surface area contributed by atoms with E-state index < -0.39 is 0 Å². The second kappa shape index (κ2) is 6.43. The second-order valence-electron chi connectivity index (χ2n) is 5.25. The number of anilines is 1. The molecule has 0 aromatic heterocycles. The van der Waals surface area contributed by atoms with E-state index in [1.807, 2.05) is 37.3 Å². The quantitative estimate of drug-likeness (QED) is 0.626. The van der Waals surface area contributed by atoms with Crippen molar-refractivity contribution in [3.8, 4) is 0 Å². The number of piperidine rings is 1. The van der Waals surface area contributed by atoms with Gasteiger partial charge >= 0.3 is 5.97 Å². The largest absolute Gasteiger partial charge is 0.465 e. The zero-order valence-electron chi connectivity index (χ0n) is 12.6. The van der Waals surface area contributed by atoms with Gasteiger partial charge in [0, 0.05) is 51.1 Å². The summed E-state index contributed by atoms with van der Waals surface area (Å²) in [4.78, 5) is 27.4. The van der Waals surface area contributed by atoms with Crippen LogP contribution in [0.4, 0.5) is 5.69 Å². The maximum atomic E-state index is 11.9. The molecule has 0 aliphatic carbocycles. The molecule has 1 fully saturated rings. The predicted octanol–water partition coefficient (Wildman–Crippen LogP) is 1.70. The number of methoxy groups -OCH3 is 1. The molecule has 5 nitrogen and oxygen atoms in total. The standard InChI is InChI=1S/C16H20N2O3/c1-17(2)10-13-11-18(9-8-15(13)19)14-6-4-12(5-7-14)16(20)21-3/h4-7,10H,8-9,11H2,1-3H3/b13-10+.